The molecule has 2 saturated carbocycles. The third kappa shape index (κ3) is 7.11. The number of guanidine groups is 1. The fourth-order valence-corrected chi connectivity index (χ4v) is 3.76. The molecule has 166 valence electrons. The van der Waals surface area contributed by atoms with E-state index in [1.807, 2.05) is 31.2 Å². The lowest BCUT2D eigenvalue weighted by Crippen LogP contribution is -2.47. The van der Waals surface area contributed by atoms with Crippen molar-refractivity contribution in [2.45, 2.75) is 70.6 Å². The largest absolute Gasteiger partial charge is 0.497 e. The predicted molar refractivity (Wildman–Crippen MR) is 119 cm³/mol. The SMILES string of the molecule is CCNC(=NCC(C)Oc1ccc(OC)cc1)NC1CCCC(C(=O)NC2CC2)C1. The molecule has 0 aliphatic heterocycles. The van der Waals surface area contributed by atoms with E-state index in [9.17, 15) is 4.79 Å². The highest BCUT2D eigenvalue weighted by Crippen LogP contribution is 2.26. The molecule has 1 amide bonds. The summed E-state index contributed by atoms with van der Waals surface area (Å²) in [5, 5.41) is 10.0. The van der Waals surface area contributed by atoms with Crippen molar-refractivity contribution in [2.75, 3.05) is 20.2 Å². The molecule has 7 nitrogen and oxygen atoms in total. The first-order chi connectivity index (χ1) is 14.6. The van der Waals surface area contributed by atoms with E-state index in [0.717, 1.165) is 62.5 Å². The molecule has 2 aliphatic rings. The van der Waals surface area contributed by atoms with Crippen molar-refractivity contribution < 1.29 is 14.3 Å². The topological polar surface area (TPSA) is 84.0 Å². The van der Waals surface area contributed by atoms with Crippen LogP contribution in [0.4, 0.5) is 0 Å². The molecule has 3 atom stereocenters. The van der Waals surface area contributed by atoms with Gasteiger partial charge in [0.2, 0.25) is 5.91 Å². The van der Waals surface area contributed by atoms with Crippen molar-refractivity contribution in [1.82, 2.24) is 16.0 Å². The highest BCUT2D eigenvalue weighted by molar-refractivity contribution is 5.81. The maximum atomic E-state index is 12.4. The Labute approximate surface area is 180 Å². The maximum Gasteiger partial charge on any atom is 0.223 e. The minimum Gasteiger partial charge on any atom is -0.497 e. The monoisotopic (exact) mass is 416 g/mol. The Kier molecular flexibility index (Phi) is 8.22. The molecule has 0 spiro atoms. The van der Waals surface area contributed by atoms with Crippen LogP contribution in [0.2, 0.25) is 0 Å². The molecule has 2 aliphatic carbocycles. The molecule has 3 unspecified atom stereocenters. The second-order valence-electron chi connectivity index (χ2n) is 8.31. The second kappa shape index (κ2) is 11.1. The van der Waals surface area contributed by atoms with Crippen molar-refractivity contribution in [3.63, 3.8) is 0 Å². The van der Waals surface area contributed by atoms with Crippen LogP contribution in [0.1, 0.15) is 52.4 Å². The number of hydrogen-bond acceptors (Lipinski definition) is 4. The number of rotatable bonds is 9. The number of ether oxygens (including phenoxy) is 2. The van der Waals surface area contributed by atoms with Crippen molar-refractivity contribution in [2.24, 2.45) is 10.9 Å². The normalized spacial score (nSPS) is 22.7. The summed E-state index contributed by atoms with van der Waals surface area (Å²) in [5.74, 6) is 2.73. The van der Waals surface area contributed by atoms with Gasteiger partial charge in [-0.2, -0.15) is 0 Å². The molecular weight excluding hydrogens is 380 g/mol. The van der Waals surface area contributed by atoms with E-state index in [1.54, 1.807) is 7.11 Å². The van der Waals surface area contributed by atoms with Crippen LogP contribution >= 0.6 is 0 Å². The van der Waals surface area contributed by atoms with Crippen LogP contribution in [-0.4, -0.2) is 50.3 Å². The average Bonchev–Trinajstić information content (AvgIpc) is 3.57. The van der Waals surface area contributed by atoms with Crippen LogP contribution in [0.3, 0.4) is 0 Å². The van der Waals surface area contributed by atoms with Crippen molar-refractivity contribution in [3.8, 4) is 11.5 Å². The number of hydrogen-bond donors (Lipinski definition) is 3. The fraction of sp³-hybridized carbons (Fsp3) is 0.652. The van der Waals surface area contributed by atoms with Gasteiger partial charge >= 0.3 is 0 Å². The minimum atomic E-state index is -0.0581. The van der Waals surface area contributed by atoms with E-state index in [-0.39, 0.29) is 24.0 Å². The zero-order chi connectivity index (χ0) is 21.3. The van der Waals surface area contributed by atoms with Crippen LogP contribution in [0.25, 0.3) is 0 Å². The van der Waals surface area contributed by atoms with E-state index in [0.29, 0.717) is 12.6 Å². The van der Waals surface area contributed by atoms with E-state index >= 15 is 0 Å². The third-order valence-electron chi connectivity index (χ3n) is 5.56. The van der Waals surface area contributed by atoms with E-state index in [2.05, 4.69) is 22.9 Å². The van der Waals surface area contributed by atoms with Crippen molar-refractivity contribution >= 4 is 11.9 Å². The predicted octanol–water partition coefficient (Wildman–Crippen LogP) is 2.86. The van der Waals surface area contributed by atoms with Gasteiger partial charge in [-0.3, -0.25) is 4.79 Å². The zero-order valence-electron chi connectivity index (χ0n) is 18.4. The summed E-state index contributed by atoms with van der Waals surface area (Å²) in [5.41, 5.74) is 0. The Balaban J connectivity index is 1.49. The van der Waals surface area contributed by atoms with Gasteiger partial charge in [-0.25, -0.2) is 4.99 Å². The van der Waals surface area contributed by atoms with Crippen LogP contribution in [0.5, 0.6) is 11.5 Å². The fourth-order valence-electron chi connectivity index (χ4n) is 3.76. The number of nitrogens with zero attached hydrogens (tertiary/aromatic N) is 1. The lowest BCUT2D eigenvalue weighted by molar-refractivity contribution is -0.126. The Bertz CT molecular complexity index is 703. The first-order valence-electron chi connectivity index (χ1n) is 11.2. The van der Waals surface area contributed by atoms with Gasteiger partial charge in [0.25, 0.3) is 0 Å². The molecule has 0 aromatic heterocycles. The number of carbonyl (C=O) groups excluding carboxylic acids is 1. The number of aliphatic imine (C=N–C) groups is 1. The molecule has 0 saturated heterocycles. The summed E-state index contributed by atoms with van der Waals surface area (Å²) in [4.78, 5) is 17.1. The summed E-state index contributed by atoms with van der Waals surface area (Å²) >= 11 is 0. The van der Waals surface area contributed by atoms with Crippen molar-refractivity contribution in [1.29, 1.82) is 0 Å². The number of amides is 1. The molecule has 0 heterocycles. The Morgan fingerprint density at radius 1 is 1.10 bits per heavy atom. The number of nitrogens with one attached hydrogen (secondary N) is 3. The average molecular weight is 417 g/mol. The Hall–Kier alpha value is -2.44. The summed E-state index contributed by atoms with van der Waals surface area (Å²) in [6.45, 7) is 5.40. The first-order valence-corrected chi connectivity index (χ1v) is 11.2. The molecular formula is C23H36N4O3. The van der Waals surface area contributed by atoms with Gasteiger partial charge in [-0.15, -0.1) is 0 Å². The highest BCUT2D eigenvalue weighted by atomic mass is 16.5. The van der Waals surface area contributed by atoms with Gasteiger partial charge < -0.3 is 25.4 Å². The molecule has 1 aromatic carbocycles. The molecule has 7 heteroatoms. The second-order valence-corrected chi connectivity index (χ2v) is 8.31. The number of methoxy groups -OCH3 is 1. The molecule has 1 aromatic rings. The van der Waals surface area contributed by atoms with Crippen LogP contribution < -0.4 is 25.4 Å². The van der Waals surface area contributed by atoms with Crippen molar-refractivity contribution in [3.05, 3.63) is 24.3 Å². The molecule has 30 heavy (non-hydrogen) atoms. The zero-order valence-corrected chi connectivity index (χ0v) is 18.4. The van der Waals surface area contributed by atoms with E-state index < -0.39 is 0 Å². The van der Waals surface area contributed by atoms with Crippen LogP contribution in [-0.2, 0) is 4.79 Å². The summed E-state index contributed by atoms with van der Waals surface area (Å²) < 4.78 is 11.1. The van der Waals surface area contributed by atoms with Crippen LogP contribution in [0.15, 0.2) is 29.3 Å². The lowest BCUT2D eigenvalue weighted by atomic mass is 9.85. The smallest absolute Gasteiger partial charge is 0.223 e. The van der Waals surface area contributed by atoms with Gasteiger partial charge in [0.1, 0.15) is 17.6 Å². The standard InChI is InChI=1S/C23H36N4O3/c1-4-24-23(25-15-16(2)30-21-12-10-20(29-3)11-13-21)27-19-7-5-6-17(14-19)22(28)26-18-8-9-18/h10-13,16-19H,4-9,14-15H2,1-3H3,(H,26,28)(H2,24,25,27). The Morgan fingerprint density at radius 3 is 2.50 bits per heavy atom. The highest BCUT2D eigenvalue weighted by Gasteiger charge is 2.31. The Morgan fingerprint density at radius 2 is 1.83 bits per heavy atom. The third-order valence-corrected chi connectivity index (χ3v) is 5.56. The summed E-state index contributed by atoms with van der Waals surface area (Å²) in [7, 11) is 1.65. The molecule has 3 N–H and O–H groups in total. The molecule has 2 fully saturated rings. The van der Waals surface area contributed by atoms with Gasteiger partial charge in [-0.1, -0.05) is 6.42 Å². The van der Waals surface area contributed by atoms with Gasteiger partial charge in [-0.05, 0) is 70.2 Å². The summed E-state index contributed by atoms with van der Waals surface area (Å²) in [6, 6.07) is 8.27. The summed E-state index contributed by atoms with van der Waals surface area (Å²) in [6.07, 6.45) is 6.18. The van der Waals surface area contributed by atoms with E-state index in [1.165, 1.54) is 0 Å². The number of carbonyl (C=O) groups is 1. The number of benzene rings is 1. The quantitative estimate of drug-likeness (QED) is 0.426. The van der Waals surface area contributed by atoms with E-state index in [4.69, 9.17) is 14.5 Å². The van der Waals surface area contributed by atoms with Gasteiger partial charge in [0.05, 0.1) is 13.7 Å². The molecule has 0 radical (unpaired) electrons. The maximum absolute atomic E-state index is 12.4. The lowest BCUT2D eigenvalue weighted by Gasteiger charge is -2.30. The molecule has 3 rings (SSSR count). The van der Waals surface area contributed by atoms with Gasteiger partial charge in [0.15, 0.2) is 5.96 Å². The van der Waals surface area contributed by atoms with Gasteiger partial charge in [0, 0.05) is 24.5 Å². The first kappa shape index (κ1) is 22.2. The molecule has 0 bridgehead atoms. The van der Waals surface area contributed by atoms with Crippen LogP contribution in [0, 0.1) is 5.92 Å². The minimum absolute atomic E-state index is 0.0581.